The van der Waals surface area contributed by atoms with Gasteiger partial charge in [0.25, 0.3) is 0 Å². The van der Waals surface area contributed by atoms with Crippen LogP contribution in [0.1, 0.15) is 6.92 Å². The molecule has 1 unspecified atom stereocenters. The summed E-state index contributed by atoms with van der Waals surface area (Å²) in [6.45, 7) is 1.72. The average Bonchev–Trinajstić information content (AvgIpc) is 2.50. The molecule has 0 aromatic heterocycles. The van der Waals surface area contributed by atoms with E-state index < -0.39 is 5.97 Å². The van der Waals surface area contributed by atoms with Gasteiger partial charge in [0.15, 0.2) is 0 Å². The Morgan fingerprint density at radius 1 is 1.64 bits per heavy atom. The lowest BCUT2D eigenvalue weighted by Crippen LogP contribution is -2.26. The number of carboxylic acids is 1. The van der Waals surface area contributed by atoms with E-state index in [1.807, 2.05) is 0 Å². The highest BCUT2D eigenvalue weighted by atomic mass is 16.4. The van der Waals surface area contributed by atoms with Gasteiger partial charge < -0.3 is 10.8 Å². The van der Waals surface area contributed by atoms with E-state index in [1.165, 1.54) is 6.08 Å². The summed E-state index contributed by atoms with van der Waals surface area (Å²) in [5, 5.41) is 19.9. The number of rotatable bonds is 1. The first-order valence-corrected chi connectivity index (χ1v) is 4.05. The molecular weight excluding hydrogens is 184 g/mol. The lowest BCUT2D eigenvalue weighted by atomic mass is 9.88. The molecule has 0 fully saturated rings. The third-order valence-electron chi connectivity index (χ3n) is 2.24. The number of hydrogen-bond acceptors (Lipinski definition) is 5. The standard InChI is InChI=1S/C8H8N4O2/c1-3-6(8(13)14)4(9)2-5-7(3)11-12-10-5/h2-3H,9H2,1H3,(H,13,14). The molecule has 72 valence electrons. The second kappa shape index (κ2) is 2.76. The molecule has 1 aliphatic carbocycles. The predicted octanol–water partition coefficient (Wildman–Crippen LogP) is 0.639. The van der Waals surface area contributed by atoms with E-state index in [0.717, 1.165) is 0 Å². The van der Waals surface area contributed by atoms with Gasteiger partial charge in [0.1, 0.15) is 5.70 Å². The normalized spacial score (nSPS) is 24.5. The van der Waals surface area contributed by atoms with Crippen molar-refractivity contribution in [2.45, 2.75) is 6.92 Å². The van der Waals surface area contributed by atoms with Crippen LogP contribution in [0.15, 0.2) is 38.5 Å². The molecular formula is C8H8N4O2. The van der Waals surface area contributed by atoms with E-state index in [4.69, 9.17) is 10.8 Å². The number of carboxylic acid groups (broad SMARTS) is 1. The highest BCUT2D eigenvalue weighted by Gasteiger charge is 2.32. The molecule has 0 amide bonds. The van der Waals surface area contributed by atoms with Crippen molar-refractivity contribution in [3.05, 3.63) is 23.0 Å². The van der Waals surface area contributed by atoms with Gasteiger partial charge in [-0.05, 0) is 11.3 Å². The zero-order valence-corrected chi connectivity index (χ0v) is 7.43. The molecule has 3 N–H and O–H groups in total. The molecule has 0 saturated heterocycles. The summed E-state index contributed by atoms with van der Waals surface area (Å²) in [5.41, 5.74) is 7.09. The van der Waals surface area contributed by atoms with Crippen molar-refractivity contribution >= 4 is 11.7 Å². The Balaban J connectivity index is 2.54. The maximum Gasteiger partial charge on any atom is 0.334 e. The predicted molar refractivity (Wildman–Crippen MR) is 48.4 cm³/mol. The molecule has 0 aromatic carbocycles. The molecule has 1 aliphatic heterocycles. The topological polar surface area (TPSA) is 100 Å². The van der Waals surface area contributed by atoms with Gasteiger partial charge in [-0.15, -0.1) is 10.2 Å². The van der Waals surface area contributed by atoms with Gasteiger partial charge in [-0.2, -0.15) is 0 Å². The smallest absolute Gasteiger partial charge is 0.334 e. The van der Waals surface area contributed by atoms with E-state index in [0.29, 0.717) is 11.4 Å². The maximum atomic E-state index is 10.9. The molecule has 0 bridgehead atoms. The van der Waals surface area contributed by atoms with Crippen molar-refractivity contribution in [1.82, 2.24) is 0 Å². The average molecular weight is 192 g/mol. The van der Waals surface area contributed by atoms with Gasteiger partial charge in [-0.1, -0.05) is 6.92 Å². The Morgan fingerprint density at radius 2 is 2.36 bits per heavy atom. The minimum atomic E-state index is -1.03. The first kappa shape index (κ1) is 8.61. The summed E-state index contributed by atoms with van der Waals surface area (Å²) in [5.74, 6) is -1.39. The Labute approximate surface area is 79.5 Å². The molecule has 6 heteroatoms. The van der Waals surface area contributed by atoms with Crippen LogP contribution in [-0.2, 0) is 4.79 Å². The van der Waals surface area contributed by atoms with Gasteiger partial charge in [0.2, 0.25) is 0 Å². The van der Waals surface area contributed by atoms with Crippen LogP contribution in [0.25, 0.3) is 0 Å². The van der Waals surface area contributed by atoms with E-state index in [2.05, 4.69) is 15.4 Å². The third kappa shape index (κ3) is 1.04. The van der Waals surface area contributed by atoms with E-state index >= 15 is 0 Å². The zero-order chi connectivity index (χ0) is 10.3. The fraction of sp³-hybridized carbons (Fsp3) is 0.250. The van der Waals surface area contributed by atoms with Crippen molar-refractivity contribution in [2.75, 3.05) is 0 Å². The van der Waals surface area contributed by atoms with Gasteiger partial charge in [-0.25, -0.2) is 4.79 Å². The number of aliphatic carboxylic acids is 1. The van der Waals surface area contributed by atoms with E-state index in [1.54, 1.807) is 6.92 Å². The molecule has 0 radical (unpaired) electrons. The van der Waals surface area contributed by atoms with Gasteiger partial charge in [-0.3, -0.25) is 0 Å². The van der Waals surface area contributed by atoms with Crippen LogP contribution in [0.4, 0.5) is 0 Å². The SMILES string of the molecule is CC1C2=NN=NC2=CC(N)=C1C(=O)O. The molecule has 0 spiro atoms. The van der Waals surface area contributed by atoms with Crippen molar-refractivity contribution < 1.29 is 9.90 Å². The highest BCUT2D eigenvalue weighted by Crippen LogP contribution is 2.29. The van der Waals surface area contributed by atoms with E-state index in [9.17, 15) is 4.79 Å². The Kier molecular flexibility index (Phi) is 1.70. The molecule has 0 aromatic rings. The summed E-state index contributed by atoms with van der Waals surface area (Å²) >= 11 is 0. The minimum Gasteiger partial charge on any atom is -0.478 e. The van der Waals surface area contributed by atoms with Crippen LogP contribution in [0.5, 0.6) is 0 Å². The van der Waals surface area contributed by atoms with Crippen LogP contribution in [0, 0.1) is 5.92 Å². The quantitative estimate of drug-likeness (QED) is 0.637. The molecule has 14 heavy (non-hydrogen) atoms. The molecule has 6 nitrogen and oxygen atoms in total. The molecule has 1 heterocycles. The Bertz CT molecular complexity index is 431. The second-order valence-electron chi connectivity index (χ2n) is 3.10. The van der Waals surface area contributed by atoms with Crippen LogP contribution >= 0.6 is 0 Å². The Morgan fingerprint density at radius 3 is 3.00 bits per heavy atom. The lowest BCUT2D eigenvalue weighted by Gasteiger charge is -2.18. The zero-order valence-electron chi connectivity index (χ0n) is 7.43. The highest BCUT2D eigenvalue weighted by molar-refractivity contribution is 6.10. The largest absolute Gasteiger partial charge is 0.478 e. The summed E-state index contributed by atoms with van der Waals surface area (Å²) in [6.07, 6.45) is 1.48. The number of nitrogens with zero attached hydrogens (tertiary/aromatic N) is 3. The number of hydrogen-bond donors (Lipinski definition) is 2. The van der Waals surface area contributed by atoms with Crippen LogP contribution in [0.3, 0.4) is 0 Å². The van der Waals surface area contributed by atoms with Crippen molar-refractivity contribution in [2.24, 2.45) is 27.1 Å². The van der Waals surface area contributed by atoms with Gasteiger partial charge >= 0.3 is 5.97 Å². The monoisotopic (exact) mass is 192 g/mol. The summed E-state index contributed by atoms with van der Waals surface area (Å²) < 4.78 is 0. The number of allylic oxidation sites excluding steroid dienone is 2. The van der Waals surface area contributed by atoms with Crippen molar-refractivity contribution in [3.63, 3.8) is 0 Å². The van der Waals surface area contributed by atoms with Crippen LogP contribution < -0.4 is 5.73 Å². The first-order valence-electron chi connectivity index (χ1n) is 4.05. The minimum absolute atomic E-state index is 0.153. The second-order valence-corrected chi connectivity index (χ2v) is 3.10. The first-order chi connectivity index (χ1) is 6.61. The van der Waals surface area contributed by atoms with Gasteiger partial charge in [0.05, 0.1) is 11.3 Å². The number of carbonyl (C=O) groups is 1. The van der Waals surface area contributed by atoms with Crippen LogP contribution in [-0.4, -0.2) is 16.8 Å². The maximum absolute atomic E-state index is 10.9. The fourth-order valence-electron chi connectivity index (χ4n) is 1.55. The summed E-state index contributed by atoms with van der Waals surface area (Å²) in [4.78, 5) is 10.9. The lowest BCUT2D eigenvalue weighted by molar-refractivity contribution is -0.133. The van der Waals surface area contributed by atoms with E-state index in [-0.39, 0.29) is 17.2 Å². The fourth-order valence-corrected chi connectivity index (χ4v) is 1.55. The van der Waals surface area contributed by atoms with Crippen LogP contribution in [0.2, 0.25) is 0 Å². The number of fused-ring (bicyclic) bond motifs is 1. The van der Waals surface area contributed by atoms with Crippen molar-refractivity contribution in [1.29, 1.82) is 0 Å². The van der Waals surface area contributed by atoms with Crippen molar-refractivity contribution in [3.8, 4) is 0 Å². The summed E-state index contributed by atoms with van der Waals surface area (Å²) in [6, 6.07) is 0. The summed E-state index contributed by atoms with van der Waals surface area (Å²) in [7, 11) is 0. The van der Waals surface area contributed by atoms with Gasteiger partial charge in [0, 0.05) is 11.6 Å². The molecule has 1 atom stereocenters. The molecule has 2 rings (SSSR count). The molecule has 0 saturated carbocycles. The Hall–Kier alpha value is -1.98. The molecule has 2 aliphatic rings. The third-order valence-corrected chi connectivity index (χ3v) is 2.24. The number of nitrogens with two attached hydrogens (primary N) is 1.